The predicted octanol–water partition coefficient (Wildman–Crippen LogP) is 1.94. The second-order valence-corrected chi connectivity index (χ2v) is 2.62. The van der Waals surface area contributed by atoms with E-state index in [9.17, 15) is 0 Å². The van der Waals surface area contributed by atoms with Gasteiger partial charge in [0.2, 0.25) is 0 Å². The lowest BCUT2D eigenvalue weighted by molar-refractivity contribution is 0.600. The minimum atomic E-state index is 0.485. The fourth-order valence-electron chi connectivity index (χ4n) is 0.790. The molecule has 0 spiro atoms. The van der Waals surface area contributed by atoms with Crippen molar-refractivity contribution in [3.8, 4) is 0 Å². The van der Waals surface area contributed by atoms with E-state index in [-0.39, 0.29) is 0 Å². The summed E-state index contributed by atoms with van der Waals surface area (Å²) >= 11 is 0. The molecular weight excluding hydrogens is 150 g/mol. The molecule has 2 N–H and O–H groups in total. The van der Waals surface area contributed by atoms with Gasteiger partial charge in [-0.2, -0.15) is 0 Å². The van der Waals surface area contributed by atoms with Gasteiger partial charge in [-0.3, -0.25) is 15.8 Å². The highest BCUT2D eigenvalue weighted by molar-refractivity contribution is 5.77. The van der Waals surface area contributed by atoms with Crippen molar-refractivity contribution in [2.24, 2.45) is 0 Å². The topological polar surface area (TPSA) is 39.1 Å². The van der Waals surface area contributed by atoms with Crippen molar-refractivity contribution in [2.45, 2.75) is 6.92 Å². The Labute approximate surface area is 72.5 Å². The van der Waals surface area contributed by atoms with Crippen LogP contribution < -0.4 is 5.43 Å². The van der Waals surface area contributed by atoms with Gasteiger partial charge in [-0.25, -0.2) is 0 Å². The third kappa shape index (κ3) is 2.27. The van der Waals surface area contributed by atoms with Crippen LogP contribution in [0.2, 0.25) is 0 Å². The highest BCUT2D eigenvalue weighted by Gasteiger charge is 1.96. The number of hydrogen-bond donors (Lipinski definition) is 2. The molecule has 0 radical (unpaired) electrons. The number of nitrogens with zero attached hydrogens (tertiary/aromatic N) is 1. The van der Waals surface area contributed by atoms with Gasteiger partial charge in [0.25, 0.3) is 0 Å². The Balaban J connectivity index is 2.58. The molecule has 0 aliphatic heterocycles. The van der Waals surface area contributed by atoms with Gasteiger partial charge in [0.1, 0.15) is 5.84 Å². The summed E-state index contributed by atoms with van der Waals surface area (Å²) in [5.74, 6) is 0.485. The lowest BCUT2D eigenvalue weighted by atomic mass is 10.3. The molecule has 3 nitrogen and oxygen atoms in total. The van der Waals surface area contributed by atoms with Crippen LogP contribution in [0.15, 0.2) is 30.3 Å². The predicted molar refractivity (Wildman–Crippen MR) is 51.2 cm³/mol. The maximum atomic E-state index is 7.31. The van der Waals surface area contributed by atoms with Gasteiger partial charge in [-0.1, -0.05) is 18.2 Å². The largest absolute Gasteiger partial charge is 0.298 e. The van der Waals surface area contributed by atoms with Crippen molar-refractivity contribution >= 4 is 11.5 Å². The molecule has 0 aromatic heterocycles. The second-order valence-electron chi connectivity index (χ2n) is 2.62. The number of hydrogen-bond acceptors (Lipinski definition) is 2. The summed E-state index contributed by atoms with van der Waals surface area (Å²) in [5, 5.41) is 8.98. The molecule has 64 valence electrons. The van der Waals surface area contributed by atoms with E-state index >= 15 is 0 Å². The van der Waals surface area contributed by atoms with E-state index < -0.39 is 0 Å². The van der Waals surface area contributed by atoms with Gasteiger partial charge in [0.05, 0.1) is 5.69 Å². The molecule has 0 amide bonds. The smallest absolute Gasteiger partial charge is 0.111 e. The number of nitrogens with one attached hydrogen (secondary N) is 2. The minimum absolute atomic E-state index is 0.485. The molecule has 3 heteroatoms. The van der Waals surface area contributed by atoms with Gasteiger partial charge in [0.15, 0.2) is 0 Å². The molecule has 0 atom stereocenters. The number of benzene rings is 1. The number of hydrazine groups is 1. The zero-order valence-corrected chi connectivity index (χ0v) is 7.33. The number of anilines is 1. The summed E-state index contributed by atoms with van der Waals surface area (Å²) in [7, 11) is 1.81. The van der Waals surface area contributed by atoms with Crippen LogP contribution in [-0.4, -0.2) is 17.9 Å². The lowest BCUT2D eigenvalue weighted by Crippen LogP contribution is -2.29. The molecule has 0 unspecified atom stereocenters. The van der Waals surface area contributed by atoms with Crippen LogP contribution in [-0.2, 0) is 0 Å². The van der Waals surface area contributed by atoms with E-state index in [1.807, 2.05) is 37.4 Å². The summed E-state index contributed by atoms with van der Waals surface area (Å²) in [4.78, 5) is 0. The quantitative estimate of drug-likeness (QED) is 0.397. The molecule has 1 aromatic rings. The first-order chi connectivity index (χ1) is 5.70. The van der Waals surface area contributed by atoms with Gasteiger partial charge in [0, 0.05) is 7.05 Å². The van der Waals surface area contributed by atoms with Gasteiger partial charge < -0.3 is 0 Å². The summed E-state index contributed by atoms with van der Waals surface area (Å²) in [6.45, 7) is 1.73. The summed E-state index contributed by atoms with van der Waals surface area (Å²) in [5.41, 5.74) is 4.04. The van der Waals surface area contributed by atoms with E-state index in [2.05, 4.69) is 5.43 Å². The third-order valence-corrected chi connectivity index (χ3v) is 1.57. The SMILES string of the molecule is CC(=N)N(C)Nc1ccccc1. The summed E-state index contributed by atoms with van der Waals surface area (Å²) < 4.78 is 0. The Morgan fingerprint density at radius 1 is 1.33 bits per heavy atom. The van der Waals surface area contributed by atoms with Gasteiger partial charge in [-0.15, -0.1) is 0 Å². The molecule has 0 aliphatic rings. The summed E-state index contributed by atoms with van der Waals surface area (Å²) in [6.07, 6.45) is 0. The first-order valence-corrected chi connectivity index (χ1v) is 3.81. The van der Waals surface area contributed by atoms with Crippen LogP contribution in [0.4, 0.5) is 5.69 Å². The number of para-hydroxylation sites is 1. The molecular formula is C9H13N3. The van der Waals surface area contributed by atoms with Crippen molar-refractivity contribution in [1.82, 2.24) is 5.01 Å². The van der Waals surface area contributed by atoms with E-state index in [4.69, 9.17) is 5.41 Å². The van der Waals surface area contributed by atoms with Crippen LogP contribution in [0.5, 0.6) is 0 Å². The normalized spacial score (nSPS) is 9.17. The molecule has 0 fully saturated rings. The molecule has 0 aliphatic carbocycles. The molecule has 0 heterocycles. The number of rotatable bonds is 2. The highest BCUT2D eigenvalue weighted by atomic mass is 15.5. The fraction of sp³-hybridized carbons (Fsp3) is 0.222. The zero-order valence-electron chi connectivity index (χ0n) is 7.33. The lowest BCUT2D eigenvalue weighted by Gasteiger charge is -2.19. The molecule has 0 saturated carbocycles. The van der Waals surface area contributed by atoms with E-state index in [0.717, 1.165) is 5.69 Å². The van der Waals surface area contributed by atoms with Crippen molar-refractivity contribution in [2.75, 3.05) is 12.5 Å². The van der Waals surface area contributed by atoms with Crippen LogP contribution >= 0.6 is 0 Å². The first-order valence-electron chi connectivity index (χ1n) is 3.81. The molecule has 1 rings (SSSR count). The zero-order chi connectivity index (χ0) is 8.97. The van der Waals surface area contributed by atoms with Gasteiger partial charge >= 0.3 is 0 Å². The Morgan fingerprint density at radius 2 is 1.92 bits per heavy atom. The third-order valence-electron chi connectivity index (χ3n) is 1.57. The Morgan fingerprint density at radius 3 is 2.42 bits per heavy atom. The monoisotopic (exact) mass is 163 g/mol. The molecule has 1 aromatic carbocycles. The average Bonchev–Trinajstić information content (AvgIpc) is 2.06. The van der Waals surface area contributed by atoms with E-state index in [1.54, 1.807) is 11.9 Å². The Kier molecular flexibility index (Phi) is 2.69. The van der Waals surface area contributed by atoms with Crippen LogP contribution in [0.3, 0.4) is 0 Å². The Bertz CT molecular complexity index is 256. The second kappa shape index (κ2) is 3.76. The van der Waals surface area contributed by atoms with Crippen LogP contribution in [0.1, 0.15) is 6.92 Å². The maximum absolute atomic E-state index is 7.31. The molecule has 0 saturated heterocycles. The van der Waals surface area contributed by atoms with Crippen LogP contribution in [0.25, 0.3) is 0 Å². The fourth-order valence-corrected chi connectivity index (χ4v) is 0.790. The van der Waals surface area contributed by atoms with Crippen molar-refractivity contribution < 1.29 is 0 Å². The first kappa shape index (κ1) is 8.59. The summed E-state index contributed by atoms with van der Waals surface area (Å²) in [6, 6.07) is 9.78. The van der Waals surface area contributed by atoms with Crippen LogP contribution in [0, 0.1) is 5.41 Å². The van der Waals surface area contributed by atoms with Gasteiger partial charge in [-0.05, 0) is 19.1 Å². The minimum Gasteiger partial charge on any atom is -0.298 e. The number of amidine groups is 1. The standard InChI is InChI=1S/C9H13N3/c1-8(10)12(2)11-9-6-4-3-5-7-9/h3-7,10-11H,1-2H3. The Hall–Kier alpha value is -1.51. The highest BCUT2D eigenvalue weighted by Crippen LogP contribution is 2.05. The van der Waals surface area contributed by atoms with Crippen molar-refractivity contribution in [3.05, 3.63) is 30.3 Å². The molecule has 12 heavy (non-hydrogen) atoms. The van der Waals surface area contributed by atoms with Crippen molar-refractivity contribution in [1.29, 1.82) is 5.41 Å². The maximum Gasteiger partial charge on any atom is 0.111 e. The van der Waals surface area contributed by atoms with Crippen molar-refractivity contribution in [3.63, 3.8) is 0 Å². The van der Waals surface area contributed by atoms with E-state index in [0.29, 0.717) is 5.84 Å². The van der Waals surface area contributed by atoms with E-state index in [1.165, 1.54) is 0 Å². The molecule has 0 bridgehead atoms. The average molecular weight is 163 g/mol.